The predicted octanol–water partition coefficient (Wildman–Crippen LogP) is 2.97. The van der Waals surface area contributed by atoms with Gasteiger partial charge in [0.25, 0.3) is 0 Å². The number of nitrogens with zero attached hydrogens (tertiary/aromatic N) is 1. The van der Waals surface area contributed by atoms with Crippen LogP contribution in [0.1, 0.15) is 41.5 Å². The van der Waals surface area contributed by atoms with E-state index in [0.29, 0.717) is 29.5 Å². The van der Waals surface area contributed by atoms with Gasteiger partial charge in [0.2, 0.25) is 0 Å². The summed E-state index contributed by atoms with van der Waals surface area (Å²) < 4.78 is 13.0. The second-order valence-corrected chi connectivity index (χ2v) is 6.19. The maximum absolute atomic E-state index is 12.5. The summed E-state index contributed by atoms with van der Waals surface area (Å²) in [5, 5.41) is 1.29. The van der Waals surface area contributed by atoms with E-state index < -0.39 is 5.97 Å². The summed E-state index contributed by atoms with van der Waals surface area (Å²) in [6.45, 7) is 7.46. The second-order valence-electron chi connectivity index (χ2n) is 6.19. The molecule has 5 heteroatoms. The Labute approximate surface area is 141 Å². The van der Waals surface area contributed by atoms with Gasteiger partial charge in [-0.25, -0.2) is 4.79 Å². The van der Waals surface area contributed by atoms with E-state index in [0.717, 1.165) is 30.8 Å². The zero-order chi connectivity index (χ0) is 17.3. The quantitative estimate of drug-likeness (QED) is 0.809. The smallest absolute Gasteiger partial charge is 0.338 e. The van der Waals surface area contributed by atoms with Crippen LogP contribution in [0.25, 0.3) is 10.8 Å². The number of carbonyl (C=O) groups excluding carboxylic acids is 1. The minimum atomic E-state index is -0.393. The van der Waals surface area contributed by atoms with Crippen LogP contribution >= 0.6 is 0 Å². The average molecular weight is 329 g/mol. The van der Waals surface area contributed by atoms with Crippen molar-refractivity contribution in [1.29, 1.82) is 0 Å². The molecule has 0 radical (unpaired) electrons. The third-order valence-electron chi connectivity index (χ3n) is 4.72. The molecule has 0 spiro atoms. The Morgan fingerprint density at radius 1 is 1.29 bits per heavy atom. The van der Waals surface area contributed by atoms with E-state index in [4.69, 9.17) is 9.47 Å². The van der Waals surface area contributed by atoms with Gasteiger partial charge < -0.3 is 14.0 Å². The highest BCUT2D eigenvalue weighted by atomic mass is 16.5. The lowest BCUT2D eigenvalue weighted by atomic mass is 10.1. The van der Waals surface area contributed by atoms with Crippen molar-refractivity contribution in [2.75, 3.05) is 13.2 Å². The Kier molecular flexibility index (Phi) is 4.71. The van der Waals surface area contributed by atoms with Crippen LogP contribution in [0.2, 0.25) is 0 Å². The third-order valence-corrected chi connectivity index (χ3v) is 4.72. The molecule has 1 unspecified atom stereocenters. The molecular formula is C19H23NO4. The highest BCUT2D eigenvalue weighted by Gasteiger charge is 2.23. The Hall–Kier alpha value is -2.14. The predicted molar refractivity (Wildman–Crippen MR) is 92.6 cm³/mol. The van der Waals surface area contributed by atoms with Crippen molar-refractivity contribution in [1.82, 2.24) is 4.57 Å². The van der Waals surface area contributed by atoms with Crippen LogP contribution in [-0.2, 0) is 16.0 Å². The molecule has 1 saturated heterocycles. The number of aromatic nitrogens is 1. The molecule has 2 aromatic rings. The lowest BCUT2D eigenvalue weighted by Crippen LogP contribution is -2.17. The molecule has 0 saturated carbocycles. The van der Waals surface area contributed by atoms with E-state index >= 15 is 0 Å². The van der Waals surface area contributed by atoms with Crippen LogP contribution in [0.3, 0.4) is 0 Å². The van der Waals surface area contributed by atoms with Crippen LogP contribution in [0.15, 0.2) is 23.0 Å². The van der Waals surface area contributed by atoms with Gasteiger partial charge in [-0.3, -0.25) is 4.79 Å². The molecule has 1 aliphatic heterocycles. The molecule has 0 bridgehead atoms. The van der Waals surface area contributed by atoms with Crippen molar-refractivity contribution in [3.8, 4) is 0 Å². The van der Waals surface area contributed by atoms with Gasteiger partial charge in [-0.2, -0.15) is 0 Å². The van der Waals surface area contributed by atoms with Gasteiger partial charge in [-0.15, -0.1) is 0 Å². The van der Waals surface area contributed by atoms with E-state index in [9.17, 15) is 9.59 Å². The molecule has 5 nitrogen and oxygen atoms in total. The van der Waals surface area contributed by atoms with Crippen LogP contribution in [0.5, 0.6) is 0 Å². The van der Waals surface area contributed by atoms with E-state index in [1.807, 2.05) is 13.8 Å². The molecule has 1 aromatic heterocycles. The van der Waals surface area contributed by atoms with Crippen LogP contribution in [-0.4, -0.2) is 29.9 Å². The lowest BCUT2D eigenvalue weighted by Gasteiger charge is -2.14. The number of esters is 1. The van der Waals surface area contributed by atoms with Gasteiger partial charge in [0.1, 0.15) is 0 Å². The topological polar surface area (TPSA) is 57.5 Å². The normalized spacial score (nSPS) is 17.4. The summed E-state index contributed by atoms with van der Waals surface area (Å²) in [7, 11) is 0. The molecule has 0 amide bonds. The van der Waals surface area contributed by atoms with E-state index in [1.54, 1.807) is 19.1 Å². The largest absolute Gasteiger partial charge is 0.462 e. The van der Waals surface area contributed by atoms with Gasteiger partial charge in [0.05, 0.1) is 23.7 Å². The number of hydrogen-bond donors (Lipinski definition) is 0. The van der Waals surface area contributed by atoms with Gasteiger partial charge in [0, 0.05) is 29.9 Å². The molecule has 1 atom stereocenters. The number of hydrogen-bond acceptors (Lipinski definition) is 4. The fourth-order valence-electron chi connectivity index (χ4n) is 3.56. The SMILES string of the molecule is CCOC(=O)c1cccc(=O)c2c(C)n(CC3CCCO3)c(C)c12. The summed E-state index contributed by atoms with van der Waals surface area (Å²) >= 11 is 0. The minimum Gasteiger partial charge on any atom is -0.462 e. The highest BCUT2D eigenvalue weighted by molar-refractivity contribution is 6.06. The first-order valence-electron chi connectivity index (χ1n) is 8.46. The first-order valence-corrected chi connectivity index (χ1v) is 8.46. The van der Waals surface area contributed by atoms with Crippen molar-refractivity contribution >= 4 is 16.7 Å². The number of carbonyl (C=O) groups is 1. The Morgan fingerprint density at radius 2 is 2.04 bits per heavy atom. The van der Waals surface area contributed by atoms with Gasteiger partial charge in [-0.05, 0) is 45.7 Å². The van der Waals surface area contributed by atoms with Crippen LogP contribution < -0.4 is 5.43 Å². The molecule has 2 heterocycles. The first kappa shape index (κ1) is 16.7. The summed E-state index contributed by atoms with van der Waals surface area (Å²) in [6.07, 6.45) is 2.26. The summed E-state index contributed by atoms with van der Waals surface area (Å²) in [6, 6.07) is 4.80. The average Bonchev–Trinajstić information content (AvgIpc) is 3.09. The first-order chi connectivity index (χ1) is 11.5. The summed E-state index contributed by atoms with van der Waals surface area (Å²) in [5.74, 6) is -0.393. The molecule has 0 N–H and O–H groups in total. The number of ether oxygens (including phenoxy) is 2. The van der Waals surface area contributed by atoms with Crippen LogP contribution in [0.4, 0.5) is 0 Å². The third kappa shape index (κ3) is 2.84. The molecule has 3 rings (SSSR count). The number of fused-ring (bicyclic) bond motifs is 1. The molecule has 128 valence electrons. The second kappa shape index (κ2) is 6.77. The zero-order valence-corrected chi connectivity index (χ0v) is 14.4. The maximum Gasteiger partial charge on any atom is 0.338 e. The molecule has 1 aliphatic rings. The van der Waals surface area contributed by atoms with Crippen molar-refractivity contribution in [3.63, 3.8) is 0 Å². The summed E-state index contributed by atoms with van der Waals surface area (Å²) in [4.78, 5) is 24.9. The van der Waals surface area contributed by atoms with Crippen molar-refractivity contribution in [3.05, 3.63) is 45.4 Å². The maximum atomic E-state index is 12.5. The molecule has 24 heavy (non-hydrogen) atoms. The van der Waals surface area contributed by atoms with Gasteiger partial charge in [0.15, 0.2) is 5.43 Å². The standard InChI is InChI=1S/C19H23NO4/c1-4-23-19(22)15-8-5-9-16(21)18-13(3)20(12(2)17(15)18)11-14-7-6-10-24-14/h5,8-9,14H,4,6-7,10-11H2,1-3H3. The van der Waals surface area contributed by atoms with Gasteiger partial charge >= 0.3 is 5.97 Å². The fraction of sp³-hybridized carbons (Fsp3) is 0.474. The van der Waals surface area contributed by atoms with E-state index in [2.05, 4.69) is 4.57 Å². The van der Waals surface area contributed by atoms with Crippen LogP contribution in [0, 0.1) is 13.8 Å². The molecular weight excluding hydrogens is 306 g/mol. The highest BCUT2D eigenvalue weighted by Crippen LogP contribution is 2.28. The zero-order valence-electron chi connectivity index (χ0n) is 14.4. The monoisotopic (exact) mass is 329 g/mol. The number of aryl methyl sites for hydroxylation is 2. The van der Waals surface area contributed by atoms with Gasteiger partial charge in [-0.1, -0.05) is 6.07 Å². The Balaban J connectivity index is 2.22. The van der Waals surface area contributed by atoms with Crippen molar-refractivity contribution in [2.24, 2.45) is 0 Å². The van der Waals surface area contributed by atoms with Crippen molar-refractivity contribution < 1.29 is 14.3 Å². The van der Waals surface area contributed by atoms with E-state index in [-0.39, 0.29) is 11.5 Å². The van der Waals surface area contributed by atoms with E-state index in [1.165, 1.54) is 6.07 Å². The Bertz CT molecular complexity index is 831. The fourth-order valence-corrected chi connectivity index (χ4v) is 3.56. The molecule has 1 fully saturated rings. The lowest BCUT2D eigenvalue weighted by molar-refractivity contribution is 0.0528. The molecule has 0 aliphatic carbocycles. The molecule has 1 aromatic carbocycles. The number of rotatable bonds is 4. The minimum absolute atomic E-state index is 0.0766. The van der Waals surface area contributed by atoms with Crippen molar-refractivity contribution in [2.45, 2.75) is 46.3 Å². The Morgan fingerprint density at radius 3 is 2.71 bits per heavy atom. The summed E-state index contributed by atoms with van der Waals surface area (Å²) in [5.41, 5.74) is 2.16.